The van der Waals surface area contributed by atoms with Gasteiger partial charge in [0.1, 0.15) is 5.57 Å². The van der Waals surface area contributed by atoms with Crippen LogP contribution in [0.3, 0.4) is 0 Å². The topological polar surface area (TPSA) is 54.3 Å². The van der Waals surface area contributed by atoms with Crippen LogP contribution in [-0.4, -0.2) is 21.5 Å². The predicted molar refractivity (Wildman–Crippen MR) is 108 cm³/mol. The number of thiocarbonyl (C=S) groups is 1. The van der Waals surface area contributed by atoms with Crippen LogP contribution in [0.25, 0.3) is 11.8 Å². The maximum Gasteiger partial charge on any atom is 0.270 e. The molecule has 3 aromatic rings. The molecule has 1 N–H and O–H groups in total. The zero-order chi connectivity index (χ0) is 18.8. The SMILES string of the molecule is O=C1NC(=S)N(c2ccccc2)C(=O)C1=Cc1cccn1-c1ccccc1. The van der Waals surface area contributed by atoms with E-state index >= 15 is 0 Å². The first-order valence-electron chi connectivity index (χ1n) is 8.34. The molecule has 1 fully saturated rings. The lowest BCUT2D eigenvalue weighted by Gasteiger charge is -2.28. The van der Waals surface area contributed by atoms with Crippen LogP contribution in [0.1, 0.15) is 5.69 Å². The monoisotopic (exact) mass is 373 g/mol. The number of nitrogens with zero attached hydrogens (tertiary/aromatic N) is 2. The Morgan fingerprint density at radius 2 is 1.44 bits per heavy atom. The van der Waals surface area contributed by atoms with Gasteiger partial charge in [-0.15, -0.1) is 0 Å². The Labute approximate surface area is 161 Å². The number of benzene rings is 2. The number of nitrogens with one attached hydrogen (secondary N) is 1. The predicted octanol–water partition coefficient (Wildman–Crippen LogP) is 3.31. The van der Waals surface area contributed by atoms with Gasteiger partial charge in [0.05, 0.1) is 5.69 Å². The normalized spacial score (nSPS) is 15.9. The van der Waals surface area contributed by atoms with Crippen molar-refractivity contribution in [2.24, 2.45) is 0 Å². The molecule has 0 saturated carbocycles. The summed E-state index contributed by atoms with van der Waals surface area (Å²) in [5.74, 6) is -0.950. The molecule has 1 aliphatic heterocycles. The zero-order valence-electron chi connectivity index (χ0n) is 14.2. The van der Waals surface area contributed by atoms with Crippen LogP contribution in [0.5, 0.6) is 0 Å². The highest BCUT2D eigenvalue weighted by Gasteiger charge is 2.34. The molecule has 1 saturated heterocycles. The van der Waals surface area contributed by atoms with Gasteiger partial charge in [0.2, 0.25) is 0 Å². The smallest absolute Gasteiger partial charge is 0.270 e. The van der Waals surface area contributed by atoms with Crippen molar-refractivity contribution in [3.8, 4) is 5.69 Å². The maximum atomic E-state index is 13.0. The summed E-state index contributed by atoms with van der Waals surface area (Å²) in [5.41, 5.74) is 2.30. The van der Waals surface area contributed by atoms with Gasteiger partial charge in [-0.25, -0.2) is 0 Å². The first-order valence-corrected chi connectivity index (χ1v) is 8.75. The highest BCUT2D eigenvalue weighted by molar-refractivity contribution is 7.80. The second-order valence-electron chi connectivity index (χ2n) is 5.93. The number of aromatic nitrogens is 1. The summed E-state index contributed by atoms with van der Waals surface area (Å²) >= 11 is 5.21. The van der Waals surface area contributed by atoms with E-state index in [9.17, 15) is 9.59 Å². The second kappa shape index (κ2) is 7.01. The van der Waals surface area contributed by atoms with E-state index in [2.05, 4.69) is 5.32 Å². The molecule has 5 nitrogen and oxygen atoms in total. The molecule has 0 aliphatic carbocycles. The van der Waals surface area contributed by atoms with Crippen molar-refractivity contribution < 1.29 is 9.59 Å². The minimum atomic E-state index is -0.502. The molecule has 4 rings (SSSR count). The van der Waals surface area contributed by atoms with Crippen molar-refractivity contribution >= 4 is 40.9 Å². The standard InChI is InChI=1S/C21H15N3O2S/c25-19-18(14-17-12-7-13-23(17)15-8-3-1-4-9-15)20(26)24(21(27)22-19)16-10-5-2-6-11-16/h1-14H,(H,22,25,27). The third-order valence-electron chi connectivity index (χ3n) is 4.22. The van der Waals surface area contributed by atoms with E-state index in [4.69, 9.17) is 12.2 Å². The number of carbonyl (C=O) groups is 2. The molecule has 6 heteroatoms. The number of rotatable bonds is 3. The Kier molecular flexibility index (Phi) is 4.40. The number of carbonyl (C=O) groups excluding carboxylic acids is 2. The third-order valence-corrected chi connectivity index (χ3v) is 4.51. The molecule has 2 amide bonds. The average Bonchev–Trinajstić information content (AvgIpc) is 3.15. The molecule has 0 spiro atoms. The first-order chi connectivity index (χ1) is 13.1. The lowest BCUT2D eigenvalue weighted by molar-refractivity contribution is -0.122. The average molecular weight is 373 g/mol. The summed E-state index contributed by atoms with van der Waals surface area (Å²) in [6.07, 6.45) is 3.47. The number of hydrogen-bond donors (Lipinski definition) is 1. The van der Waals surface area contributed by atoms with Crippen molar-refractivity contribution in [1.29, 1.82) is 0 Å². The Morgan fingerprint density at radius 3 is 2.11 bits per heavy atom. The van der Waals surface area contributed by atoms with Crippen molar-refractivity contribution in [1.82, 2.24) is 9.88 Å². The van der Waals surface area contributed by atoms with Crippen LogP contribution in [0.4, 0.5) is 5.69 Å². The molecule has 0 radical (unpaired) electrons. The van der Waals surface area contributed by atoms with Crippen LogP contribution in [0.2, 0.25) is 0 Å². The molecule has 2 heterocycles. The van der Waals surface area contributed by atoms with Crippen LogP contribution in [-0.2, 0) is 9.59 Å². The summed E-state index contributed by atoms with van der Waals surface area (Å²) in [7, 11) is 0. The van der Waals surface area contributed by atoms with E-state index in [0.29, 0.717) is 5.69 Å². The van der Waals surface area contributed by atoms with E-state index in [-0.39, 0.29) is 10.7 Å². The van der Waals surface area contributed by atoms with Crippen molar-refractivity contribution in [2.45, 2.75) is 0 Å². The van der Waals surface area contributed by atoms with Gasteiger partial charge in [0.15, 0.2) is 5.11 Å². The van der Waals surface area contributed by atoms with Crippen molar-refractivity contribution in [2.75, 3.05) is 4.90 Å². The Bertz CT molecular complexity index is 1060. The summed E-state index contributed by atoms with van der Waals surface area (Å²) < 4.78 is 1.91. The molecule has 0 unspecified atom stereocenters. The summed E-state index contributed by atoms with van der Waals surface area (Å²) in [5, 5.41) is 2.68. The summed E-state index contributed by atoms with van der Waals surface area (Å²) in [4.78, 5) is 26.8. The molecule has 0 atom stereocenters. The lowest BCUT2D eigenvalue weighted by atomic mass is 10.1. The Balaban J connectivity index is 1.75. The minimum Gasteiger partial charge on any atom is -0.317 e. The molecule has 2 aromatic carbocycles. The fourth-order valence-electron chi connectivity index (χ4n) is 2.95. The molecule has 27 heavy (non-hydrogen) atoms. The van der Waals surface area contributed by atoms with E-state index in [1.807, 2.05) is 71.4 Å². The Morgan fingerprint density at radius 1 is 0.815 bits per heavy atom. The van der Waals surface area contributed by atoms with E-state index in [0.717, 1.165) is 11.4 Å². The number of anilines is 1. The fraction of sp³-hybridized carbons (Fsp3) is 0. The van der Waals surface area contributed by atoms with Gasteiger partial charge < -0.3 is 4.57 Å². The minimum absolute atomic E-state index is 0.0309. The quantitative estimate of drug-likeness (QED) is 0.435. The van der Waals surface area contributed by atoms with E-state index < -0.39 is 11.8 Å². The molecule has 132 valence electrons. The zero-order valence-corrected chi connectivity index (χ0v) is 15.0. The summed E-state index contributed by atoms with van der Waals surface area (Å²) in [6, 6.07) is 22.4. The number of hydrogen-bond acceptors (Lipinski definition) is 3. The van der Waals surface area contributed by atoms with Gasteiger partial charge in [-0.05, 0) is 54.7 Å². The second-order valence-corrected chi connectivity index (χ2v) is 6.32. The van der Waals surface area contributed by atoms with Crippen LogP contribution >= 0.6 is 12.2 Å². The maximum absolute atomic E-state index is 13.0. The highest BCUT2D eigenvalue weighted by atomic mass is 32.1. The van der Waals surface area contributed by atoms with Crippen LogP contribution in [0.15, 0.2) is 84.6 Å². The molecular formula is C21H15N3O2S. The van der Waals surface area contributed by atoms with Gasteiger partial charge in [-0.3, -0.25) is 19.8 Å². The van der Waals surface area contributed by atoms with Gasteiger partial charge in [0.25, 0.3) is 11.8 Å². The lowest BCUT2D eigenvalue weighted by Crippen LogP contribution is -2.54. The van der Waals surface area contributed by atoms with Gasteiger partial charge >= 0.3 is 0 Å². The highest BCUT2D eigenvalue weighted by Crippen LogP contribution is 2.22. The fourth-order valence-corrected chi connectivity index (χ4v) is 3.23. The Hall–Kier alpha value is -3.51. The first kappa shape index (κ1) is 16.9. The van der Waals surface area contributed by atoms with Gasteiger partial charge in [0, 0.05) is 17.6 Å². The van der Waals surface area contributed by atoms with Gasteiger partial charge in [-0.2, -0.15) is 0 Å². The molecule has 1 aliphatic rings. The summed E-state index contributed by atoms with van der Waals surface area (Å²) in [6.45, 7) is 0. The van der Waals surface area contributed by atoms with Crippen molar-refractivity contribution in [3.63, 3.8) is 0 Å². The van der Waals surface area contributed by atoms with E-state index in [1.165, 1.54) is 4.90 Å². The van der Waals surface area contributed by atoms with E-state index in [1.54, 1.807) is 18.2 Å². The molecule has 0 bridgehead atoms. The third kappa shape index (κ3) is 3.18. The van der Waals surface area contributed by atoms with Crippen molar-refractivity contribution in [3.05, 3.63) is 90.3 Å². The number of para-hydroxylation sites is 2. The molecule has 1 aromatic heterocycles. The molecular weight excluding hydrogens is 358 g/mol. The van der Waals surface area contributed by atoms with Gasteiger partial charge in [-0.1, -0.05) is 36.4 Å². The van der Waals surface area contributed by atoms with Crippen LogP contribution < -0.4 is 10.2 Å². The van der Waals surface area contributed by atoms with Crippen LogP contribution in [0, 0.1) is 0 Å². The largest absolute Gasteiger partial charge is 0.317 e. The number of amides is 2.